The van der Waals surface area contributed by atoms with E-state index in [4.69, 9.17) is 16.3 Å². The smallest absolute Gasteiger partial charge is 0.327 e. The molecule has 5 heteroatoms. The third-order valence-corrected chi connectivity index (χ3v) is 2.16. The van der Waals surface area contributed by atoms with Gasteiger partial charge in [0.05, 0.1) is 0 Å². The van der Waals surface area contributed by atoms with Crippen molar-refractivity contribution in [2.45, 2.75) is 31.4 Å². The molecule has 1 amide bonds. The Hall–Kier alpha value is -1.54. The van der Waals surface area contributed by atoms with Crippen LogP contribution >= 0.6 is 0 Å². The van der Waals surface area contributed by atoms with Crippen molar-refractivity contribution in [1.29, 1.82) is 0 Å². The second kappa shape index (κ2) is 5.37. The highest BCUT2D eigenvalue weighted by Crippen LogP contribution is 2.12. The highest BCUT2D eigenvalue weighted by atomic mass is 16.5. The maximum atomic E-state index is 11.5. The predicted octanol–water partition coefficient (Wildman–Crippen LogP) is -0.242. The Labute approximate surface area is 87.8 Å². The van der Waals surface area contributed by atoms with Gasteiger partial charge in [-0.3, -0.25) is 4.79 Å². The summed E-state index contributed by atoms with van der Waals surface area (Å²) in [6.45, 7) is 0.547. The van der Waals surface area contributed by atoms with Crippen molar-refractivity contribution in [3.8, 4) is 12.3 Å². The number of nitrogens with one attached hydrogen (secondary N) is 1. The van der Waals surface area contributed by atoms with Gasteiger partial charge < -0.3 is 15.2 Å². The number of carboxylic acid groups (broad SMARTS) is 1. The number of aliphatic carboxylic acids is 1. The molecule has 0 unspecified atom stereocenters. The van der Waals surface area contributed by atoms with E-state index in [1.807, 2.05) is 0 Å². The fourth-order valence-corrected chi connectivity index (χ4v) is 1.37. The first kappa shape index (κ1) is 11.5. The zero-order valence-electron chi connectivity index (χ0n) is 8.23. The van der Waals surface area contributed by atoms with Gasteiger partial charge in [0, 0.05) is 13.0 Å². The lowest BCUT2D eigenvalue weighted by atomic mass is 10.2. The number of carboxylic acids is 1. The molecule has 2 atom stereocenters. The average Bonchev–Trinajstić information content (AvgIpc) is 2.69. The summed E-state index contributed by atoms with van der Waals surface area (Å²) >= 11 is 0. The zero-order chi connectivity index (χ0) is 11.3. The van der Waals surface area contributed by atoms with E-state index in [-0.39, 0.29) is 6.42 Å². The Morgan fingerprint density at radius 3 is 2.87 bits per heavy atom. The first-order chi connectivity index (χ1) is 7.15. The van der Waals surface area contributed by atoms with Crippen LogP contribution in [0.4, 0.5) is 0 Å². The molecule has 0 saturated carbocycles. The van der Waals surface area contributed by atoms with Crippen LogP contribution < -0.4 is 5.32 Å². The van der Waals surface area contributed by atoms with Crippen LogP contribution in [0.5, 0.6) is 0 Å². The van der Waals surface area contributed by atoms with Crippen LogP contribution in [0.1, 0.15) is 19.3 Å². The van der Waals surface area contributed by atoms with E-state index < -0.39 is 24.0 Å². The number of carbonyl (C=O) groups is 2. The number of amides is 1. The Bertz CT molecular complexity index is 288. The summed E-state index contributed by atoms with van der Waals surface area (Å²) in [6.07, 6.45) is 5.91. The van der Waals surface area contributed by atoms with Crippen molar-refractivity contribution in [1.82, 2.24) is 5.32 Å². The van der Waals surface area contributed by atoms with Gasteiger partial charge >= 0.3 is 5.97 Å². The molecular weight excluding hydrogens is 198 g/mol. The maximum absolute atomic E-state index is 11.5. The molecule has 0 bridgehead atoms. The quantitative estimate of drug-likeness (QED) is 0.629. The Morgan fingerprint density at radius 1 is 1.67 bits per heavy atom. The predicted molar refractivity (Wildman–Crippen MR) is 52.0 cm³/mol. The summed E-state index contributed by atoms with van der Waals surface area (Å²) in [5, 5.41) is 11.1. The summed E-state index contributed by atoms with van der Waals surface area (Å²) in [4.78, 5) is 22.2. The van der Waals surface area contributed by atoms with Crippen LogP contribution in [0.15, 0.2) is 0 Å². The topological polar surface area (TPSA) is 75.6 Å². The van der Waals surface area contributed by atoms with Crippen molar-refractivity contribution in [3.05, 3.63) is 0 Å². The van der Waals surface area contributed by atoms with Crippen molar-refractivity contribution in [2.24, 2.45) is 0 Å². The van der Waals surface area contributed by atoms with Gasteiger partial charge in [0.25, 0.3) is 0 Å². The minimum Gasteiger partial charge on any atom is -0.480 e. The molecule has 2 N–H and O–H groups in total. The van der Waals surface area contributed by atoms with E-state index in [0.717, 1.165) is 6.42 Å². The van der Waals surface area contributed by atoms with Gasteiger partial charge in [-0.25, -0.2) is 4.79 Å². The van der Waals surface area contributed by atoms with E-state index >= 15 is 0 Å². The highest BCUT2D eigenvalue weighted by Gasteiger charge is 2.27. The summed E-state index contributed by atoms with van der Waals surface area (Å²) in [5.74, 6) is 0.690. The van der Waals surface area contributed by atoms with Crippen molar-refractivity contribution >= 4 is 11.9 Å². The van der Waals surface area contributed by atoms with Gasteiger partial charge in [0.1, 0.15) is 12.1 Å². The fourth-order valence-electron chi connectivity index (χ4n) is 1.37. The molecule has 0 radical (unpaired) electrons. The Balaban J connectivity index is 2.46. The normalized spacial score (nSPS) is 21.7. The summed E-state index contributed by atoms with van der Waals surface area (Å²) in [5.41, 5.74) is 0. The van der Waals surface area contributed by atoms with Crippen LogP contribution in [0.25, 0.3) is 0 Å². The summed E-state index contributed by atoms with van der Waals surface area (Å²) < 4.78 is 5.12. The second-order valence-corrected chi connectivity index (χ2v) is 3.31. The lowest BCUT2D eigenvalue weighted by molar-refractivity contribution is -0.143. The number of terminal acetylenes is 1. The lowest BCUT2D eigenvalue weighted by Crippen LogP contribution is -2.45. The number of hydrogen-bond donors (Lipinski definition) is 2. The molecule has 1 heterocycles. The summed E-state index contributed by atoms with van der Waals surface area (Å²) in [7, 11) is 0. The zero-order valence-corrected chi connectivity index (χ0v) is 8.23. The molecule has 0 aromatic heterocycles. The van der Waals surface area contributed by atoms with Crippen LogP contribution in [-0.4, -0.2) is 35.7 Å². The molecule has 82 valence electrons. The largest absolute Gasteiger partial charge is 0.480 e. The molecule has 1 aliphatic heterocycles. The van der Waals surface area contributed by atoms with Gasteiger partial charge in [-0.2, -0.15) is 0 Å². The molecule has 0 aromatic carbocycles. The van der Waals surface area contributed by atoms with Crippen LogP contribution in [0, 0.1) is 12.3 Å². The molecule has 1 rings (SSSR count). The highest BCUT2D eigenvalue weighted by molar-refractivity contribution is 5.86. The second-order valence-electron chi connectivity index (χ2n) is 3.31. The van der Waals surface area contributed by atoms with E-state index in [2.05, 4.69) is 11.2 Å². The molecule has 1 aliphatic rings. The van der Waals surface area contributed by atoms with Gasteiger partial charge in [-0.1, -0.05) is 0 Å². The first-order valence-electron chi connectivity index (χ1n) is 4.73. The molecule has 0 aliphatic carbocycles. The third kappa shape index (κ3) is 3.26. The first-order valence-corrected chi connectivity index (χ1v) is 4.73. The van der Waals surface area contributed by atoms with Crippen molar-refractivity contribution in [2.75, 3.05) is 6.61 Å². The molecule has 0 aromatic rings. The van der Waals surface area contributed by atoms with Crippen molar-refractivity contribution in [3.63, 3.8) is 0 Å². The van der Waals surface area contributed by atoms with Gasteiger partial charge in [-0.05, 0) is 12.8 Å². The minimum atomic E-state index is -1.13. The molecule has 15 heavy (non-hydrogen) atoms. The third-order valence-electron chi connectivity index (χ3n) is 2.16. The van der Waals surface area contributed by atoms with E-state index in [1.54, 1.807) is 0 Å². The average molecular weight is 211 g/mol. The SMILES string of the molecule is C#CC[C@H](NC(=O)[C@@H]1CCCO1)C(=O)O. The lowest BCUT2D eigenvalue weighted by Gasteiger charge is -2.14. The van der Waals surface area contributed by atoms with Crippen LogP contribution in [0.2, 0.25) is 0 Å². The monoisotopic (exact) mass is 211 g/mol. The molecule has 1 saturated heterocycles. The van der Waals surface area contributed by atoms with Gasteiger partial charge in [0.15, 0.2) is 0 Å². The van der Waals surface area contributed by atoms with Crippen LogP contribution in [-0.2, 0) is 14.3 Å². The number of carbonyl (C=O) groups excluding carboxylic acids is 1. The Kier molecular flexibility index (Phi) is 4.13. The van der Waals surface area contributed by atoms with Crippen LogP contribution in [0.3, 0.4) is 0 Å². The van der Waals surface area contributed by atoms with Gasteiger partial charge in [-0.15, -0.1) is 12.3 Å². The molecule has 5 nitrogen and oxygen atoms in total. The van der Waals surface area contributed by atoms with E-state index in [0.29, 0.717) is 13.0 Å². The Morgan fingerprint density at radius 2 is 2.40 bits per heavy atom. The fraction of sp³-hybridized carbons (Fsp3) is 0.600. The van der Waals surface area contributed by atoms with E-state index in [1.165, 1.54) is 0 Å². The molecule has 1 fully saturated rings. The number of hydrogen-bond acceptors (Lipinski definition) is 3. The standard InChI is InChI=1S/C10H13NO4/c1-2-4-7(10(13)14)11-9(12)8-5-3-6-15-8/h1,7-8H,3-6H2,(H,11,12)(H,13,14)/t7-,8-/m0/s1. The molecular formula is C10H13NO4. The van der Waals surface area contributed by atoms with E-state index in [9.17, 15) is 9.59 Å². The number of rotatable bonds is 4. The van der Waals surface area contributed by atoms with Gasteiger partial charge in [0.2, 0.25) is 5.91 Å². The summed E-state index contributed by atoms with van der Waals surface area (Å²) in [6, 6.07) is -1.02. The minimum absolute atomic E-state index is 0.0200. The molecule has 0 spiro atoms. The van der Waals surface area contributed by atoms with Crippen molar-refractivity contribution < 1.29 is 19.4 Å². The maximum Gasteiger partial charge on any atom is 0.327 e. The number of ether oxygens (including phenoxy) is 1.